The van der Waals surface area contributed by atoms with Gasteiger partial charge in [-0.2, -0.15) is 0 Å². The van der Waals surface area contributed by atoms with E-state index in [0.29, 0.717) is 12.2 Å². The molecule has 0 fully saturated rings. The van der Waals surface area contributed by atoms with Crippen molar-refractivity contribution in [3.8, 4) is 0 Å². The molecule has 0 bridgehead atoms. The summed E-state index contributed by atoms with van der Waals surface area (Å²) < 4.78 is 13.8. The van der Waals surface area contributed by atoms with Crippen LogP contribution in [-0.4, -0.2) is 18.5 Å². The van der Waals surface area contributed by atoms with Gasteiger partial charge < -0.3 is 16.8 Å². The maximum Gasteiger partial charge on any atom is 0.248 e. The minimum Gasteiger partial charge on any atom is -0.378 e. The highest BCUT2D eigenvalue weighted by molar-refractivity contribution is 5.93. The van der Waals surface area contributed by atoms with E-state index in [1.807, 2.05) is 20.8 Å². The van der Waals surface area contributed by atoms with Crippen molar-refractivity contribution in [3.05, 3.63) is 29.6 Å². The lowest BCUT2D eigenvalue weighted by molar-refractivity contribution is 0.1000. The second-order valence-corrected chi connectivity index (χ2v) is 5.36. The van der Waals surface area contributed by atoms with Gasteiger partial charge in [0.25, 0.3) is 0 Å². The summed E-state index contributed by atoms with van der Waals surface area (Å²) in [7, 11) is 0. The highest BCUT2D eigenvalue weighted by Crippen LogP contribution is 2.24. The molecule has 0 spiro atoms. The highest BCUT2D eigenvalue weighted by Gasteiger charge is 2.24. The van der Waals surface area contributed by atoms with Crippen molar-refractivity contribution < 1.29 is 9.18 Å². The molecule has 1 unspecified atom stereocenters. The third kappa shape index (κ3) is 3.43. The minimum atomic E-state index is -0.647. The van der Waals surface area contributed by atoms with Gasteiger partial charge >= 0.3 is 0 Å². The van der Waals surface area contributed by atoms with E-state index < -0.39 is 11.7 Å². The number of anilines is 1. The number of rotatable bonds is 4. The van der Waals surface area contributed by atoms with Crippen molar-refractivity contribution in [1.82, 2.24) is 0 Å². The molecule has 100 valence electrons. The van der Waals surface area contributed by atoms with Crippen LogP contribution in [0.15, 0.2) is 18.2 Å². The second-order valence-electron chi connectivity index (χ2n) is 5.36. The van der Waals surface area contributed by atoms with E-state index in [-0.39, 0.29) is 17.0 Å². The van der Waals surface area contributed by atoms with E-state index in [4.69, 9.17) is 11.5 Å². The molecule has 0 aliphatic rings. The molecule has 5 N–H and O–H groups in total. The summed E-state index contributed by atoms with van der Waals surface area (Å²) in [6.07, 6.45) is 0. The number of halogens is 1. The van der Waals surface area contributed by atoms with Gasteiger partial charge in [-0.05, 0) is 23.6 Å². The molecule has 0 saturated heterocycles. The van der Waals surface area contributed by atoms with E-state index >= 15 is 0 Å². The van der Waals surface area contributed by atoms with Crippen LogP contribution in [0.5, 0.6) is 0 Å². The number of benzene rings is 1. The van der Waals surface area contributed by atoms with E-state index in [1.165, 1.54) is 12.1 Å². The summed E-state index contributed by atoms with van der Waals surface area (Å²) >= 11 is 0. The maximum absolute atomic E-state index is 13.8. The Morgan fingerprint density at radius 2 is 2.06 bits per heavy atom. The normalized spacial score (nSPS) is 13.2. The zero-order chi connectivity index (χ0) is 13.9. The predicted octanol–water partition coefficient (Wildman–Crippen LogP) is 1.71. The number of nitrogens with one attached hydrogen (secondary N) is 1. The molecular weight excluding hydrogens is 233 g/mol. The number of nitrogens with two attached hydrogens (primary N) is 2. The first-order valence-corrected chi connectivity index (χ1v) is 5.81. The summed E-state index contributed by atoms with van der Waals surface area (Å²) in [5, 5.41) is 3.05. The molecule has 1 amide bonds. The number of hydrogen-bond acceptors (Lipinski definition) is 3. The summed E-state index contributed by atoms with van der Waals surface area (Å²) in [5.41, 5.74) is 11.1. The summed E-state index contributed by atoms with van der Waals surface area (Å²) in [4.78, 5) is 10.9. The van der Waals surface area contributed by atoms with Crippen molar-refractivity contribution in [2.75, 3.05) is 11.9 Å². The molecule has 5 heteroatoms. The first-order valence-electron chi connectivity index (χ1n) is 5.81. The van der Waals surface area contributed by atoms with Crippen LogP contribution in [0.1, 0.15) is 31.1 Å². The minimum absolute atomic E-state index is 0.0635. The Kier molecular flexibility index (Phi) is 4.29. The molecule has 1 aromatic carbocycles. The van der Waals surface area contributed by atoms with Gasteiger partial charge in [-0.1, -0.05) is 20.8 Å². The first kappa shape index (κ1) is 14.4. The highest BCUT2D eigenvalue weighted by atomic mass is 19.1. The van der Waals surface area contributed by atoms with Gasteiger partial charge in [-0.25, -0.2) is 4.39 Å². The molecular formula is C13H20FN3O. The zero-order valence-electron chi connectivity index (χ0n) is 11.0. The number of hydrogen-bond donors (Lipinski definition) is 3. The average Bonchev–Trinajstić information content (AvgIpc) is 2.25. The molecule has 4 nitrogen and oxygen atoms in total. The fraction of sp³-hybridized carbons (Fsp3) is 0.462. The smallest absolute Gasteiger partial charge is 0.248 e. The Balaban J connectivity index is 2.95. The number of carbonyl (C=O) groups is 1. The molecule has 0 aliphatic carbocycles. The Morgan fingerprint density at radius 3 is 2.44 bits per heavy atom. The summed E-state index contributed by atoms with van der Waals surface area (Å²) in [6, 6.07) is 4.06. The van der Waals surface area contributed by atoms with Crippen LogP contribution in [0.2, 0.25) is 0 Å². The summed E-state index contributed by atoms with van der Waals surface area (Å²) in [6.45, 7) is 6.45. The average molecular weight is 253 g/mol. The van der Waals surface area contributed by atoms with Crippen molar-refractivity contribution >= 4 is 11.6 Å². The monoisotopic (exact) mass is 253 g/mol. The van der Waals surface area contributed by atoms with Gasteiger partial charge in [0.1, 0.15) is 5.82 Å². The lowest BCUT2D eigenvalue weighted by Crippen LogP contribution is -2.40. The molecule has 0 saturated carbocycles. The topological polar surface area (TPSA) is 81.1 Å². The van der Waals surface area contributed by atoms with Crippen LogP contribution in [0.25, 0.3) is 0 Å². The van der Waals surface area contributed by atoms with E-state index in [0.717, 1.165) is 6.07 Å². The molecule has 18 heavy (non-hydrogen) atoms. The maximum atomic E-state index is 13.8. The lowest BCUT2D eigenvalue weighted by atomic mass is 9.86. The molecule has 0 aromatic heterocycles. The molecule has 0 radical (unpaired) electrons. The molecule has 0 heterocycles. The van der Waals surface area contributed by atoms with Crippen LogP contribution >= 0.6 is 0 Å². The SMILES string of the molecule is CC(C)(C)C(CN)Nc1ccc(C(N)=O)cc1F. The van der Waals surface area contributed by atoms with Gasteiger partial charge in [-0.15, -0.1) is 0 Å². The van der Waals surface area contributed by atoms with Crippen molar-refractivity contribution in [2.45, 2.75) is 26.8 Å². The van der Waals surface area contributed by atoms with Crippen LogP contribution in [-0.2, 0) is 0 Å². The van der Waals surface area contributed by atoms with Crippen LogP contribution in [0, 0.1) is 11.2 Å². The van der Waals surface area contributed by atoms with Crippen LogP contribution in [0.3, 0.4) is 0 Å². The lowest BCUT2D eigenvalue weighted by Gasteiger charge is -2.31. The number of amides is 1. The fourth-order valence-corrected chi connectivity index (χ4v) is 1.60. The van der Waals surface area contributed by atoms with Crippen molar-refractivity contribution in [1.29, 1.82) is 0 Å². The van der Waals surface area contributed by atoms with Crippen molar-refractivity contribution in [3.63, 3.8) is 0 Å². The number of carbonyl (C=O) groups excluding carboxylic acids is 1. The van der Waals surface area contributed by atoms with Gasteiger partial charge in [0.05, 0.1) is 5.69 Å². The standard InChI is InChI=1S/C13H20FN3O/c1-13(2,3)11(7-15)17-10-5-4-8(12(16)18)6-9(10)14/h4-6,11,17H,7,15H2,1-3H3,(H2,16,18). The fourth-order valence-electron chi connectivity index (χ4n) is 1.60. The second kappa shape index (κ2) is 5.35. The van der Waals surface area contributed by atoms with E-state index in [9.17, 15) is 9.18 Å². The Labute approximate surface area is 107 Å². The molecule has 1 atom stereocenters. The number of primary amides is 1. The third-order valence-electron chi connectivity index (χ3n) is 2.86. The van der Waals surface area contributed by atoms with Crippen LogP contribution < -0.4 is 16.8 Å². The molecule has 1 aromatic rings. The van der Waals surface area contributed by atoms with E-state index in [1.54, 1.807) is 0 Å². The Morgan fingerprint density at radius 1 is 1.44 bits per heavy atom. The molecule has 0 aliphatic heterocycles. The zero-order valence-corrected chi connectivity index (χ0v) is 11.0. The Hall–Kier alpha value is -1.62. The van der Waals surface area contributed by atoms with Crippen LogP contribution in [0.4, 0.5) is 10.1 Å². The first-order chi connectivity index (χ1) is 8.25. The van der Waals surface area contributed by atoms with Crippen molar-refractivity contribution in [2.24, 2.45) is 16.9 Å². The predicted molar refractivity (Wildman–Crippen MR) is 70.8 cm³/mol. The Bertz CT molecular complexity index is 440. The van der Waals surface area contributed by atoms with E-state index in [2.05, 4.69) is 5.32 Å². The van der Waals surface area contributed by atoms with Gasteiger partial charge in [-0.3, -0.25) is 4.79 Å². The quantitative estimate of drug-likeness (QED) is 0.764. The van der Waals surface area contributed by atoms with Gasteiger partial charge in [0.2, 0.25) is 5.91 Å². The largest absolute Gasteiger partial charge is 0.378 e. The summed E-state index contributed by atoms with van der Waals surface area (Å²) in [5.74, 6) is -1.15. The molecule has 1 rings (SSSR count). The van der Waals surface area contributed by atoms with Gasteiger partial charge in [0.15, 0.2) is 0 Å². The van der Waals surface area contributed by atoms with Gasteiger partial charge in [0, 0.05) is 18.2 Å². The third-order valence-corrected chi connectivity index (χ3v) is 2.86.